The van der Waals surface area contributed by atoms with Crippen LogP contribution in [0.25, 0.3) is 0 Å². The Hall–Kier alpha value is 0.920. The first-order valence-electron chi connectivity index (χ1n) is 3.95. The second kappa shape index (κ2) is 5.50. The summed E-state index contributed by atoms with van der Waals surface area (Å²) in [6.07, 6.45) is 0. The molecule has 1 N–H and O–H groups in total. The Morgan fingerprint density at radius 2 is 2.20 bits per heavy atom. The Morgan fingerprint density at radius 3 is 2.60 bits per heavy atom. The molecule has 15 heavy (non-hydrogen) atoms. The van der Waals surface area contributed by atoms with Gasteiger partial charge in [0.15, 0.2) is 0 Å². The van der Waals surface area contributed by atoms with Gasteiger partial charge in [0.2, 0.25) is 0 Å². The topological polar surface area (TPSA) is 46.2 Å². The monoisotopic (exact) mass is 393 g/mol. The van der Waals surface area contributed by atoms with Gasteiger partial charge < -0.3 is 0 Å². The molecular formula is C7H9Br2NO2S3. The molecule has 0 spiro atoms. The molecule has 1 aromatic heterocycles. The Kier molecular flexibility index (Phi) is 5.13. The number of thiol groups is 1. The molecule has 0 saturated carbocycles. The first kappa shape index (κ1) is 14.0. The van der Waals surface area contributed by atoms with Crippen molar-refractivity contribution in [2.45, 2.75) is 16.4 Å². The highest BCUT2D eigenvalue weighted by Crippen LogP contribution is 2.34. The van der Waals surface area contributed by atoms with E-state index >= 15 is 0 Å². The Morgan fingerprint density at radius 1 is 1.60 bits per heavy atom. The van der Waals surface area contributed by atoms with Crippen LogP contribution in [0.1, 0.15) is 6.92 Å². The van der Waals surface area contributed by atoms with Crippen molar-refractivity contribution in [3.8, 4) is 0 Å². The zero-order chi connectivity index (χ0) is 11.6. The molecule has 0 bridgehead atoms. The van der Waals surface area contributed by atoms with E-state index in [1.165, 1.54) is 11.3 Å². The third-order valence-electron chi connectivity index (χ3n) is 1.44. The second-order valence-electron chi connectivity index (χ2n) is 2.89. The van der Waals surface area contributed by atoms with Gasteiger partial charge in [0.25, 0.3) is 10.0 Å². The molecule has 1 aromatic rings. The van der Waals surface area contributed by atoms with E-state index < -0.39 is 10.0 Å². The van der Waals surface area contributed by atoms with Crippen LogP contribution in [0, 0.1) is 0 Å². The van der Waals surface area contributed by atoms with Crippen LogP contribution in [0.4, 0.5) is 0 Å². The second-order valence-corrected chi connectivity index (χ2v) is 9.02. The molecule has 1 heterocycles. The molecule has 1 rings (SSSR count). The minimum Gasteiger partial charge on any atom is -0.209 e. The summed E-state index contributed by atoms with van der Waals surface area (Å²) in [4.78, 5) is 0. The van der Waals surface area contributed by atoms with Gasteiger partial charge in [0.05, 0.1) is 3.79 Å². The van der Waals surface area contributed by atoms with E-state index in [-0.39, 0.29) is 9.46 Å². The van der Waals surface area contributed by atoms with Crippen molar-refractivity contribution in [1.82, 2.24) is 4.72 Å². The quantitative estimate of drug-likeness (QED) is 0.771. The van der Waals surface area contributed by atoms with Crippen LogP contribution in [0.3, 0.4) is 0 Å². The standard InChI is InChI=1S/C7H9Br2NO2S3/c1-4(13)3-10-15(11,12)7-5(8)2-6(9)14-7/h2,4,10,13H,3H2,1H3. The maximum atomic E-state index is 11.8. The number of thiophene rings is 1. The lowest BCUT2D eigenvalue weighted by Gasteiger charge is -2.06. The van der Waals surface area contributed by atoms with Crippen LogP contribution in [-0.2, 0) is 10.0 Å². The maximum absolute atomic E-state index is 11.8. The number of hydrogen-bond donors (Lipinski definition) is 2. The molecular weight excluding hydrogens is 386 g/mol. The van der Waals surface area contributed by atoms with Crippen molar-refractivity contribution in [2.75, 3.05) is 6.54 Å². The van der Waals surface area contributed by atoms with E-state index in [2.05, 4.69) is 49.2 Å². The minimum atomic E-state index is -3.42. The van der Waals surface area contributed by atoms with Gasteiger partial charge in [-0.2, -0.15) is 12.6 Å². The molecule has 0 fully saturated rings. The fourth-order valence-corrected chi connectivity index (χ4v) is 5.94. The van der Waals surface area contributed by atoms with Crippen molar-refractivity contribution in [1.29, 1.82) is 0 Å². The minimum absolute atomic E-state index is 0.0121. The maximum Gasteiger partial charge on any atom is 0.251 e. The van der Waals surface area contributed by atoms with Crippen LogP contribution in [-0.4, -0.2) is 20.2 Å². The Bertz CT molecular complexity index is 441. The van der Waals surface area contributed by atoms with E-state index in [4.69, 9.17) is 0 Å². The fourth-order valence-electron chi connectivity index (χ4n) is 0.804. The molecule has 0 aromatic carbocycles. The highest BCUT2D eigenvalue weighted by atomic mass is 79.9. The van der Waals surface area contributed by atoms with Gasteiger partial charge in [-0.25, -0.2) is 13.1 Å². The summed E-state index contributed by atoms with van der Waals surface area (Å²) in [5, 5.41) is -0.0121. The molecule has 0 aliphatic heterocycles. The Balaban J connectivity index is 2.91. The average Bonchev–Trinajstić information content (AvgIpc) is 2.43. The molecule has 0 radical (unpaired) electrons. The number of hydrogen-bond acceptors (Lipinski definition) is 4. The number of nitrogens with one attached hydrogen (secondary N) is 1. The molecule has 0 saturated heterocycles. The Labute approximate surface area is 115 Å². The van der Waals surface area contributed by atoms with Crippen LogP contribution < -0.4 is 4.72 Å². The SMILES string of the molecule is CC(S)CNS(=O)(=O)c1sc(Br)cc1Br. The first-order valence-corrected chi connectivity index (χ1v) is 8.35. The lowest BCUT2D eigenvalue weighted by molar-refractivity contribution is 0.583. The summed E-state index contributed by atoms with van der Waals surface area (Å²) >= 11 is 11.7. The number of sulfonamides is 1. The molecule has 0 amide bonds. The van der Waals surface area contributed by atoms with Crippen molar-refractivity contribution in [3.05, 3.63) is 14.3 Å². The molecule has 0 aliphatic carbocycles. The van der Waals surface area contributed by atoms with Crippen LogP contribution in [0.2, 0.25) is 0 Å². The lowest BCUT2D eigenvalue weighted by Crippen LogP contribution is -2.28. The molecule has 0 aliphatic rings. The summed E-state index contributed by atoms with van der Waals surface area (Å²) < 4.78 is 27.7. The number of halogens is 2. The highest BCUT2D eigenvalue weighted by Gasteiger charge is 2.20. The van der Waals surface area contributed by atoms with Gasteiger partial charge in [-0.1, -0.05) is 6.92 Å². The van der Waals surface area contributed by atoms with Crippen molar-refractivity contribution in [3.63, 3.8) is 0 Å². The molecule has 86 valence electrons. The van der Waals surface area contributed by atoms with E-state index in [0.717, 1.165) is 3.79 Å². The average molecular weight is 395 g/mol. The van der Waals surface area contributed by atoms with Gasteiger partial charge in [0, 0.05) is 16.3 Å². The zero-order valence-electron chi connectivity index (χ0n) is 7.70. The van der Waals surface area contributed by atoms with Gasteiger partial charge in [-0.05, 0) is 37.9 Å². The predicted molar refractivity (Wildman–Crippen MR) is 73.4 cm³/mol. The van der Waals surface area contributed by atoms with E-state index in [0.29, 0.717) is 11.0 Å². The summed E-state index contributed by atoms with van der Waals surface area (Å²) in [6, 6.07) is 1.71. The normalized spacial score (nSPS) is 14.1. The van der Waals surface area contributed by atoms with E-state index in [1.54, 1.807) is 6.07 Å². The van der Waals surface area contributed by atoms with Crippen LogP contribution >= 0.6 is 55.8 Å². The van der Waals surface area contributed by atoms with Crippen molar-refractivity contribution < 1.29 is 8.42 Å². The fraction of sp³-hybridized carbons (Fsp3) is 0.429. The summed E-state index contributed by atoms with van der Waals surface area (Å²) in [6.45, 7) is 2.14. The third-order valence-corrected chi connectivity index (χ3v) is 6.37. The smallest absolute Gasteiger partial charge is 0.209 e. The zero-order valence-corrected chi connectivity index (χ0v) is 13.4. The van der Waals surface area contributed by atoms with Gasteiger partial charge in [0.1, 0.15) is 4.21 Å². The largest absolute Gasteiger partial charge is 0.251 e. The molecule has 1 atom stereocenters. The summed E-state index contributed by atoms with van der Waals surface area (Å²) in [5.41, 5.74) is 0. The molecule has 1 unspecified atom stereocenters. The van der Waals surface area contributed by atoms with E-state index in [1.807, 2.05) is 6.92 Å². The van der Waals surface area contributed by atoms with E-state index in [9.17, 15) is 8.42 Å². The lowest BCUT2D eigenvalue weighted by atomic mass is 10.5. The first-order chi connectivity index (χ1) is 6.83. The van der Waals surface area contributed by atoms with Gasteiger partial charge in [-0.15, -0.1) is 11.3 Å². The summed E-state index contributed by atoms with van der Waals surface area (Å²) in [5.74, 6) is 0. The highest BCUT2D eigenvalue weighted by molar-refractivity contribution is 9.11. The van der Waals surface area contributed by atoms with Gasteiger partial charge in [-0.3, -0.25) is 0 Å². The van der Waals surface area contributed by atoms with Gasteiger partial charge >= 0.3 is 0 Å². The molecule has 8 heteroatoms. The number of rotatable bonds is 4. The predicted octanol–water partition coefficient (Wildman–Crippen LogP) is 2.87. The van der Waals surface area contributed by atoms with Crippen LogP contribution in [0.5, 0.6) is 0 Å². The van der Waals surface area contributed by atoms with Crippen LogP contribution in [0.15, 0.2) is 18.5 Å². The van der Waals surface area contributed by atoms with Crippen molar-refractivity contribution >= 4 is 65.8 Å². The summed E-state index contributed by atoms with van der Waals surface area (Å²) in [7, 11) is -3.42. The third kappa shape index (κ3) is 4.01. The van der Waals surface area contributed by atoms with Crippen molar-refractivity contribution in [2.24, 2.45) is 0 Å². The molecule has 3 nitrogen and oxygen atoms in total.